The van der Waals surface area contributed by atoms with Gasteiger partial charge in [-0.15, -0.1) is 12.4 Å². The van der Waals surface area contributed by atoms with Crippen molar-refractivity contribution in [2.24, 2.45) is 5.73 Å². The summed E-state index contributed by atoms with van der Waals surface area (Å²) in [6.45, 7) is 1.30. The number of rotatable bonds is 5. The number of amides is 1. The summed E-state index contributed by atoms with van der Waals surface area (Å²) < 4.78 is 96.0. The Hall–Kier alpha value is -1.72. The van der Waals surface area contributed by atoms with Crippen LogP contribution in [0.1, 0.15) is 39.9 Å². The van der Waals surface area contributed by atoms with Gasteiger partial charge in [0.2, 0.25) is 0 Å². The van der Waals surface area contributed by atoms with Gasteiger partial charge in [-0.2, -0.15) is 26.3 Å². The third kappa shape index (κ3) is 7.39. The highest BCUT2D eigenvalue weighted by Crippen LogP contribution is 2.42. The smallest absolute Gasteiger partial charge is 0.337 e. The zero-order valence-corrected chi connectivity index (χ0v) is 19.9. The maximum Gasteiger partial charge on any atom is 0.417 e. The van der Waals surface area contributed by atoms with Crippen LogP contribution in [-0.4, -0.2) is 18.2 Å². The van der Waals surface area contributed by atoms with E-state index in [1.807, 2.05) is 0 Å². The predicted molar refractivity (Wildman–Crippen MR) is 119 cm³/mol. The van der Waals surface area contributed by atoms with E-state index < -0.39 is 58.4 Å². The maximum absolute atomic E-state index is 14.8. The van der Waals surface area contributed by atoms with E-state index in [1.165, 1.54) is 6.92 Å². The monoisotopic (exact) mass is 572 g/mol. The van der Waals surface area contributed by atoms with Crippen molar-refractivity contribution in [1.29, 1.82) is 0 Å². The number of nitrogens with two attached hydrogens (primary N) is 1. The Morgan fingerprint density at radius 3 is 2.00 bits per heavy atom. The lowest BCUT2D eigenvalue weighted by atomic mass is 9.95. The number of alkyl halides is 6. The molecule has 14 heteroatoms. The molecule has 0 saturated heterocycles. The quantitative estimate of drug-likeness (QED) is 0.218. The van der Waals surface area contributed by atoms with Crippen LogP contribution in [-0.2, 0) is 6.18 Å². The number of carbonyl (C=O) groups excluding carboxylic acids is 1. The fraction of sp³-hybridized carbons (Fsp3) is 0.250. The maximum atomic E-state index is 14.8. The molecule has 1 amide bonds. The number of hydrogen-bond acceptors (Lipinski definition) is 2. The second-order valence-corrected chi connectivity index (χ2v) is 8.05. The SMILES string of the molecule is C[C@H](N)NC(=O)c1ccc(/C(F)=C/C(c2cc(Cl)c(Cl)c(Cl)c2)C(F)(F)F)cc1C(F)(F)F.Cl. The summed E-state index contributed by atoms with van der Waals surface area (Å²) in [5.74, 6) is -5.42. The molecule has 1 unspecified atom stereocenters. The summed E-state index contributed by atoms with van der Waals surface area (Å²) >= 11 is 17.2. The first-order chi connectivity index (χ1) is 15.0. The summed E-state index contributed by atoms with van der Waals surface area (Å²) in [6, 6.07) is 3.26. The Morgan fingerprint density at radius 2 is 1.56 bits per heavy atom. The molecule has 34 heavy (non-hydrogen) atoms. The van der Waals surface area contributed by atoms with Crippen LogP contribution in [0.5, 0.6) is 0 Å². The molecule has 2 rings (SSSR count). The first kappa shape index (κ1) is 30.3. The van der Waals surface area contributed by atoms with Crippen molar-refractivity contribution < 1.29 is 35.5 Å². The molecule has 0 heterocycles. The van der Waals surface area contributed by atoms with Gasteiger partial charge in [0.25, 0.3) is 5.91 Å². The summed E-state index contributed by atoms with van der Waals surface area (Å²) in [4.78, 5) is 12.0. The van der Waals surface area contributed by atoms with Gasteiger partial charge < -0.3 is 11.1 Å². The van der Waals surface area contributed by atoms with Crippen molar-refractivity contribution in [2.75, 3.05) is 0 Å². The highest BCUT2D eigenvalue weighted by molar-refractivity contribution is 6.48. The topological polar surface area (TPSA) is 55.1 Å². The molecule has 3 nitrogen and oxygen atoms in total. The van der Waals surface area contributed by atoms with Crippen molar-refractivity contribution in [3.05, 3.63) is 73.7 Å². The van der Waals surface area contributed by atoms with Crippen molar-refractivity contribution in [3.63, 3.8) is 0 Å². The van der Waals surface area contributed by atoms with Crippen LogP contribution in [0, 0.1) is 0 Å². The Kier molecular flexibility index (Phi) is 10.1. The lowest BCUT2D eigenvalue weighted by molar-refractivity contribution is -0.140. The Labute approximate surface area is 210 Å². The standard InChI is InChI=1S/C20H14Cl3F7N2O.ClH/c1-8(31)32-18(33)11-3-2-9(4-13(11)20(28,29)30)16(24)7-12(19(25,26)27)10-5-14(21)17(23)15(22)6-10;/h2-8,12H,31H2,1H3,(H,32,33);1H/b16-7-;/t8-,12?;/m1./s1. The molecule has 3 N–H and O–H groups in total. The van der Waals surface area contributed by atoms with Crippen LogP contribution in [0.3, 0.4) is 0 Å². The second-order valence-electron chi connectivity index (χ2n) is 6.85. The third-order valence-corrected chi connectivity index (χ3v) is 5.43. The lowest BCUT2D eigenvalue weighted by Gasteiger charge is -2.19. The fourth-order valence-electron chi connectivity index (χ4n) is 2.79. The van der Waals surface area contributed by atoms with E-state index >= 15 is 0 Å². The van der Waals surface area contributed by atoms with Gasteiger partial charge in [0.1, 0.15) is 11.7 Å². The molecule has 0 aromatic heterocycles. The van der Waals surface area contributed by atoms with Gasteiger partial charge in [-0.05, 0) is 42.8 Å². The second kappa shape index (κ2) is 11.3. The highest BCUT2D eigenvalue weighted by atomic mass is 35.5. The third-order valence-electron chi connectivity index (χ3n) is 4.24. The predicted octanol–water partition coefficient (Wildman–Crippen LogP) is 7.78. The number of halogens is 11. The molecule has 2 aromatic carbocycles. The van der Waals surface area contributed by atoms with E-state index in [4.69, 9.17) is 40.5 Å². The number of hydrogen-bond donors (Lipinski definition) is 2. The molecule has 0 fully saturated rings. The molecule has 2 atom stereocenters. The average Bonchev–Trinajstić information content (AvgIpc) is 2.67. The van der Waals surface area contributed by atoms with Gasteiger partial charge in [-0.1, -0.05) is 40.9 Å². The summed E-state index contributed by atoms with van der Waals surface area (Å²) in [6.07, 6.45) is -11.1. The van der Waals surface area contributed by atoms with E-state index in [9.17, 15) is 35.5 Å². The van der Waals surface area contributed by atoms with Crippen LogP contribution < -0.4 is 11.1 Å². The van der Waals surface area contributed by atoms with Crippen LogP contribution in [0.15, 0.2) is 36.4 Å². The first-order valence-electron chi connectivity index (χ1n) is 8.89. The van der Waals surface area contributed by atoms with Crippen LogP contribution in [0.4, 0.5) is 30.7 Å². The Balaban J connectivity index is 0.00000578. The summed E-state index contributed by atoms with van der Waals surface area (Å²) in [5, 5.41) is 1.18. The van der Waals surface area contributed by atoms with E-state index in [1.54, 1.807) is 0 Å². The van der Waals surface area contributed by atoms with E-state index in [0.29, 0.717) is 6.07 Å². The largest absolute Gasteiger partial charge is 0.417 e. The number of carbonyl (C=O) groups is 1. The number of nitrogens with one attached hydrogen (secondary N) is 1. The minimum atomic E-state index is -5.11. The summed E-state index contributed by atoms with van der Waals surface area (Å²) in [5.41, 5.74) is 1.49. The van der Waals surface area contributed by atoms with Crippen molar-refractivity contribution in [3.8, 4) is 0 Å². The van der Waals surface area contributed by atoms with Gasteiger partial charge in [0.05, 0.1) is 32.4 Å². The lowest BCUT2D eigenvalue weighted by Crippen LogP contribution is -2.39. The van der Waals surface area contributed by atoms with Gasteiger partial charge in [0, 0.05) is 5.56 Å². The molecule has 0 bridgehead atoms. The molecule has 2 aromatic rings. The van der Waals surface area contributed by atoms with E-state index in [2.05, 4.69) is 5.32 Å². The molecule has 0 saturated carbocycles. The minimum absolute atomic E-state index is 0. The molecule has 0 radical (unpaired) electrons. The van der Waals surface area contributed by atoms with Crippen LogP contribution >= 0.6 is 47.2 Å². The van der Waals surface area contributed by atoms with Crippen LogP contribution in [0.2, 0.25) is 15.1 Å². The van der Waals surface area contributed by atoms with Crippen LogP contribution in [0.25, 0.3) is 5.83 Å². The minimum Gasteiger partial charge on any atom is -0.337 e. The number of allylic oxidation sites excluding steroid dienone is 1. The average molecular weight is 574 g/mol. The molecule has 0 aliphatic rings. The molecule has 0 spiro atoms. The van der Waals surface area contributed by atoms with Crippen molar-refractivity contribution >= 4 is 58.9 Å². The molecule has 0 aliphatic carbocycles. The Bertz CT molecular complexity index is 1060. The Morgan fingerprint density at radius 1 is 1.03 bits per heavy atom. The summed E-state index contributed by atoms with van der Waals surface area (Å²) in [7, 11) is 0. The van der Waals surface area contributed by atoms with Crippen molar-refractivity contribution in [1.82, 2.24) is 5.32 Å². The highest BCUT2D eigenvalue weighted by Gasteiger charge is 2.41. The number of benzene rings is 2. The molecule has 188 valence electrons. The van der Waals surface area contributed by atoms with E-state index in [-0.39, 0.29) is 39.6 Å². The fourth-order valence-corrected chi connectivity index (χ4v) is 3.40. The zero-order valence-electron chi connectivity index (χ0n) is 16.8. The molecule has 0 aliphatic heterocycles. The zero-order chi connectivity index (χ0) is 25.3. The van der Waals surface area contributed by atoms with Gasteiger partial charge in [0.15, 0.2) is 0 Å². The van der Waals surface area contributed by atoms with Gasteiger partial charge in [-0.25, -0.2) is 4.39 Å². The van der Waals surface area contributed by atoms with Crippen molar-refractivity contribution in [2.45, 2.75) is 31.4 Å². The first-order valence-corrected chi connectivity index (χ1v) is 10.0. The normalized spacial score (nSPS) is 14.3. The van der Waals surface area contributed by atoms with Gasteiger partial charge >= 0.3 is 12.4 Å². The van der Waals surface area contributed by atoms with E-state index in [0.717, 1.165) is 18.2 Å². The molecular weight excluding hydrogens is 559 g/mol. The van der Waals surface area contributed by atoms with Gasteiger partial charge in [-0.3, -0.25) is 4.79 Å². The molecular formula is C20H15Cl4F7N2O.